The molecule has 0 radical (unpaired) electrons. The lowest BCUT2D eigenvalue weighted by molar-refractivity contribution is 0.586. The number of nitrogens with two attached hydrogens (primary N) is 1. The molecule has 0 spiro atoms. The Morgan fingerprint density at radius 3 is 2.58 bits per heavy atom. The monoisotopic (exact) mass is 278 g/mol. The zero-order valence-corrected chi connectivity index (χ0v) is 11.0. The molecule has 0 heterocycles. The van der Waals surface area contributed by atoms with E-state index in [9.17, 15) is 8.78 Å². The van der Waals surface area contributed by atoms with E-state index in [2.05, 4.69) is 5.32 Å². The van der Waals surface area contributed by atoms with E-state index < -0.39 is 11.6 Å². The molecule has 2 nitrogen and oxygen atoms in total. The summed E-state index contributed by atoms with van der Waals surface area (Å²) in [4.78, 5) is 0.216. The van der Waals surface area contributed by atoms with Gasteiger partial charge in [-0.15, -0.1) is 0 Å². The minimum atomic E-state index is -0.669. The number of hydrogen-bond donors (Lipinski definition) is 2. The van der Waals surface area contributed by atoms with Crippen molar-refractivity contribution in [2.24, 2.45) is 5.73 Å². The molecule has 0 saturated carbocycles. The highest BCUT2D eigenvalue weighted by Gasteiger charge is 2.10. The van der Waals surface area contributed by atoms with E-state index in [-0.39, 0.29) is 10.7 Å². The first-order valence-electron chi connectivity index (χ1n) is 5.60. The molecule has 0 unspecified atom stereocenters. The molecule has 98 valence electrons. The molecule has 0 saturated heterocycles. The van der Waals surface area contributed by atoms with Crippen molar-refractivity contribution in [2.45, 2.75) is 6.92 Å². The zero-order valence-electron chi connectivity index (χ0n) is 10.2. The van der Waals surface area contributed by atoms with Gasteiger partial charge in [-0.05, 0) is 30.7 Å². The van der Waals surface area contributed by atoms with E-state index in [0.717, 1.165) is 11.6 Å². The number of rotatable bonds is 3. The summed E-state index contributed by atoms with van der Waals surface area (Å²) in [5.41, 5.74) is 7.93. The van der Waals surface area contributed by atoms with Crippen LogP contribution in [0.2, 0.25) is 0 Å². The standard InChI is InChI=1S/C14H12F2N2S/c1-8-3-2-4-10(14(17)19)13(8)18-12-6-5-9(15)7-11(12)16/h2-7,18H,1H3,(H2,17,19). The Hall–Kier alpha value is -2.01. The first-order chi connectivity index (χ1) is 8.99. The van der Waals surface area contributed by atoms with Crippen molar-refractivity contribution in [3.8, 4) is 0 Å². The fraction of sp³-hybridized carbons (Fsp3) is 0.0714. The van der Waals surface area contributed by atoms with E-state index in [0.29, 0.717) is 11.3 Å². The van der Waals surface area contributed by atoms with Gasteiger partial charge < -0.3 is 11.1 Å². The van der Waals surface area contributed by atoms with Crippen molar-refractivity contribution in [1.82, 2.24) is 0 Å². The molecule has 2 aromatic rings. The van der Waals surface area contributed by atoms with Crippen molar-refractivity contribution >= 4 is 28.6 Å². The number of anilines is 2. The summed E-state index contributed by atoms with van der Waals surface area (Å²) in [5, 5.41) is 2.91. The highest BCUT2D eigenvalue weighted by Crippen LogP contribution is 2.26. The lowest BCUT2D eigenvalue weighted by atomic mass is 10.1. The molecule has 0 aliphatic heterocycles. The molecule has 5 heteroatoms. The maximum Gasteiger partial charge on any atom is 0.149 e. The normalized spacial score (nSPS) is 10.3. The fourth-order valence-electron chi connectivity index (χ4n) is 1.76. The van der Waals surface area contributed by atoms with Crippen molar-refractivity contribution in [3.05, 3.63) is 59.2 Å². The van der Waals surface area contributed by atoms with Crippen LogP contribution in [-0.4, -0.2) is 4.99 Å². The summed E-state index contributed by atoms with van der Waals surface area (Å²) in [6.45, 7) is 1.85. The van der Waals surface area contributed by atoms with Crippen LogP contribution in [0.25, 0.3) is 0 Å². The van der Waals surface area contributed by atoms with Crippen molar-refractivity contribution in [2.75, 3.05) is 5.32 Å². The SMILES string of the molecule is Cc1cccc(C(N)=S)c1Nc1ccc(F)cc1F. The van der Waals surface area contributed by atoms with Crippen LogP contribution in [0.15, 0.2) is 36.4 Å². The van der Waals surface area contributed by atoms with Gasteiger partial charge in [-0.25, -0.2) is 8.78 Å². The molecule has 0 aromatic heterocycles. The third-order valence-corrected chi connectivity index (χ3v) is 2.95. The van der Waals surface area contributed by atoms with Gasteiger partial charge in [0.2, 0.25) is 0 Å². The highest BCUT2D eigenvalue weighted by atomic mass is 32.1. The van der Waals surface area contributed by atoms with Crippen LogP contribution in [0.3, 0.4) is 0 Å². The lowest BCUT2D eigenvalue weighted by Crippen LogP contribution is -2.13. The number of benzene rings is 2. The predicted octanol–water partition coefficient (Wildman–Crippen LogP) is 3.65. The van der Waals surface area contributed by atoms with Crippen molar-refractivity contribution < 1.29 is 8.78 Å². The molecule has 0 aliphatic carbocycles. The van der Waals surface area contributed by atoms with E-state index in [1.54, 1.807) is 6.07 Å². The molecule has 2 aromatic carbocycles. The van der Waals surface area contributed by atoms with Crippen LogP contribution in [-0.2, 0) is 0 Å². The molecule has 3 N–H and O–H groups in total. The molecule has 19 heavy (non-hydrogen) atoms. The second-order valence-corrected chi connectivity index (χ2v) is 4.55. The summed E-state index contributed by atoms with van der Waals surface area (Å²) in [5.74, 6) is -1.29. The minimum Gasteiger partial charge on any atom is -0.389 e. The molecule has 2 rings (SSSR count). The first kappa shape index (κ1) is 13.4. The topological polar surface area (TPSA) is 38.0 Å². The van der Waals surface area contributed by atoms with E-state index in [1.165, 1.54) is 12.1 Å². The van der Waals surface area contributed by atoms with Crippen molar-refractivity contribution in [1.29, 1.82) is 0 Å². The van der Waals surface area contributed by atoms with Gasteiger partial charge in [-0.2, -0.15) is 0 Å². The number of halogens is 2. The maximum absolute atomic E-state index is 13.6. The Bertz CT molecular complexity index is 641. The molecule has 0 fully saturated rings. The van der Waals surface area contributed by atoms with E-state index in [4.69, 9.17) is 18.0 Å². The first-order valence-corrected chi connectivity index (χ1v) is 6.01. The van der Waals surface area contributed by atoms with Gasteiger partial charge in [0.1, 0.15) is 16.6 Å². The number of hydrogen-bond acceptors (Lipinski definition) is 2. The number of nitrogens with one attached hydrogen (secondary N) is 1. The number of thiocarbonyl (C=S) groups is 1. The average Bonchev–Trinajstić information content (AvgIpc) is 2.34. The predicted molar refractivity (Wildman–Crippen MR) is 76.7 cm³/mol. The summed E-state index contributed by atoms with van der Waals surface area (Å²) in [6, 6.07) is 8.76. The lowest BCUT2D eigenvalue weighted by Gasteiger charge is -2.14. The molecule has 0 bridgehead atoms. The summed E-state index contributed by atoms with van der Waals surface area (Å²) in [7, 11) is 0. The van der Waals surface area contributed by atoms with Crippen LogP contribution in [0.4, 0.5) is 20.2 Å². The van der Waals surface area contributed by atoms with Gasteiger partial charge in [0, 0.05) is 11.6 Å². The van der Waals surface area contributed by atoms with Gasteiger partial charge in [0.15, 0.2) is 0 Å². The summed E-state index contributed by atoms with van der Waals surface area (Å²) in [6.07, 6.45) is 0. The maximum atomic E-state index is 13.6. The van der Waals surface area contributed by atoms with Crippen LogP contribution < -0.4 is 11.1 Å². The molecular weight excluding hydrogens is 266 g/mol. The van der Waals surface area contributed by atoms with Gasteiger partial charge >= 0.3 is 0 Å². The van der Waals surface area contributed by atoms with Gasteiger partial charge in [0.25, 0.3) is 0 Å². The van der Waals surface area contributed by atoms with Crippen molar-refractivity contribution in [3.63, 3.8) is 0 Å². The molecule has 0 amide bonds. The zero-order chi connectivity index (χ0) is 14.0. The Balaban J connectivity index is 2.46. The summed E-state index contributed by atoms with van der Waals surface area (Å²) < 4.78 is 26.5. The fourth-order valence-corrected chi connectivity index (χ4v) is 1.93. The Morgan fingerprint density at radius 2 is 1.95 bits per heavy atom. The Kier molecular flexibility index (Phi) is 3.76. The van der Waals surface area contributed by atoms with E-state index >= 15 is 0 Å². The minimum absolute atomic E-state index is 0.174. The number of para-hydroxylation sites is 1. The van der Waals surface area contributed by atoms with Gasteiger partial charge in [-0.1, -0.05) is 24.4 Å². The van der Waals surface area contributed by atoms with Gasteiger partial charge in [-0.3, -0.25) is 0 Å². The van der Waals surface area contributed by atoms with Crippen LogP contribution >= 0.6 is 12.2 Å². The molecular formula is C14H12F2N2S. The third kappa shape index (κ3) is 2.88. The number of aryl methyl sites for hydroxylation is 1. The quantitative estimate of drug-likeness (QED) is 0.842. The second kappa shape index (κ2) is 5.32. The van der Waals surface area contributed by atoms with Crippen LogP contribution in [0.5, 0.6) is 0 Å². The smallest absolute Gasteiger partial charge is 0.149 e. The Morgan fingerprint density at radius 1 is 1.21 bits per heavy atom. The third-order valence-electron chi connectivity index (χ3n) is 2.73. The summed E-state index contributed by atoms with van der Waals surface area (Å²) >= 11 is 4.96. The van der Waals surface area contributed by atoms with Gasteiger partial charge in [0.05, 0.1) is 11.4 Å². The van der Waals surface area contributed by atoms with E-state index in [1.807, 2.05) is 19.1 Å². The largest absolute Gasteiger partial charge is 0.389 e. The Labute approximate surface area is 115 Å². The highest BCUT2D eigenvalue weighted by molar-refractivity contribution is 7.80. The van der Waals surface area contributed by atoms with Crippen LogP contribution in [0.1, 0.15) is 11.1 Å². The molecule has 0 atom stereocenters. The molecule has 0 aliphatic rings. The average molecular weight is 278 g/mol. The van der Waals surface area contributed by atoms with Crippen LogP contribution in [0, 0.1) is 18.6 Å². The second-order valence-electron chi connectivity index (χ2n) is 4.11.